The van der Waals surface area contributed by atoms with Crippen LogP contribution >= 0.6 is 0 Å². The van der Waals surface area contributed by atoms with E-state index in [4.69, 9.17) is 4.74 Å². The van der Waals surface area contributed by atoms with Gasteiger partial charge in [0.2, 0.25) is 5.88 Å². The van der Waals surface area contributed by atoms with Crippen LogP contribution in [-0.2, 0) is 0 Å². The first-order valence-corrected chi connectivity index (χ1v) is 10.7. The molecule has 1 saturated carbocycles. The van der Waals surface area contributed by atoms with Crippen LogP contribution in [0.1, 0.15) is 35.4 Å². The number of nitrogens with zero attached hydrogens (tertiary/aromatic N) is 7. The summed E-state index contributed by atoms with van der Waals surface area (Å²) in [5.41, 5.74) is 2.03. The monoisotopic (exact) mass is 419 g/mol. The van der Waals surface area contributed by atoms with E-state index in [0.717, 1.165) is 30.0 Å². The molecule has 0 atom stereocenters. The van der Waals surface area contributed by atoms with Crippen LogP contribution in [0, 0.1) is 6.92 Å². The molecule has 2 aliphatic rings. The van der Waals surface area contributed by atoms with E-state index in [1.807, 2.05) is 48.2 Å². The lowest BCUT2D eigenvalue weighted by Crippen LogP contribution is -2.49. The molecule has 0 bridgehead atoms. The molecule has 0 N–H and O–H groups in total. The molecule has 2 aromatic heterocycles. The Balaban J connectivity index is 1.23. The van der Waals surface area contributed by atoms with Crippen molar-refractivity contribution in [2.75, 3.05) is 31.1 Å². The van der Waals surface area contributed by atoms with Gasteiger partial charge >= 0.3 is 0 Å². The lowest BCUT2D eigenvalue weighted by Gasteiger charge is -2.35. The van der Waals surface area contributed by atoms with Crippen molar-refractivity contribution in [3.05, 3.63) is 54.1 Å². The molecule has 1 saturated heterocycles. The number of para-hydroxylation sites is 1. The molecule has 1 aliphatic heterocycles. The first-order chi connectivity index (χ1) is 15.2. The molecule has 0 unspecified atom stereocenters. The van der Waals surface area contributed by atoms with E-state index < -0.39 is 0 Å². The summed E-state index contributed by atoms with van der Waals surface area (Å²) < 4.78 is 7.59. The number of hydrogen-bond acceptors (Lipinski definition) is 7. The molecule has 160 valence electrons. The molecule has 1 aliphatic carbocycles. The minimum atomic E-state index is -0.0870. The summed E-state index contributed by atoms with van der Waals surface area (Å²) in [4.78, 5) is 25.7. The van der Waals surface area contributed by atoms with Crippen LogP contribution in [0.3, 0.4) is 0 Å². The van der Waals surface area contributed by atoms with Crippen LogP contribution in [0.25, 0.3) is 5.69 Å². The number of aromatic nitrogens is 5. The minimum absolute atomic E-state index is 0.0870. The minimum Gasteiger partial charge on any atom is -0.474 e. The summed E-state index contributed by atoms with van der Waals surface area (Å²) >= 11 is 0. The Morgan fingerprint density at radius 3 is 2.55 bits per heavy atom. The lowest BCUT2D eigenvalue weighted by atomic mass is 9.96. The number of benzene rings is 1. The van der Waals surface area contributed by atoms with E-state index in [0.29, 0.717) is 37.8 Å². The van der Waals surface area contributed by atoms with Gasteiger partial charge in [-0.15, -0.1) is 5.10 Å². The van der Waals surface area contributed by atoms with Gasteiger partial charge in [-0.1, -0.05) is 23.4 Å². The van der Waals surface area contributed by atoms with E-state index in [1.165, 1.54) is 6.42 Å². The fourth-order valence-electron chi connectivity index (χ4n) is 3.86. The zero-order valence-electron chi connectivity index (χ0n) is 17.5. The molecule has 5 rings (SSSR count). The Morgan fingerprint density at radius 1 is 1.06 bits per heavy atom. The Morgan fingerprint density at radius 2 is 1.84 bits per heavy atom. The van der Waals surface area contributed by atoms with Crippen molar-refractivity contribution in [1.29, 1.82) is 0 Å². The number of amides is 1. The summed E-state index contributed by atoms with van der Waals surface area (Å²) in [6.45, 7) is 4.45. The maximum absolute atomic E-state index is 13.1. The summed E-state index contributed by atoms with van der Waals surface area (Å²) in [5.74, 6) is 1.38. The number of piperazine rings is 1. The average molecular weight is 419 g/mol. The predicted molar refractivity (Wildman–Crippen MR) is 115 cm³/mol. The zero-order chi connectivity index (χ0) is 21.2. The standard InChI is InChI=1S/C22H25N7O2/c1-16-21(25-26-29(16)17-6-3-2-4-7-17)22(30)28-12-10-27(11-13-28)19-14-20(24-15-23-19)31-18-8-5-9-18/h2-4,6-7,14-15,18H,5,8-13H2,1H3. The van der Waals surface area contributed by atoms with Crippen molar-refractivity contribution in [2.24, 2.45) is 0 Å². The largest absolute Gasteiger partial charge is 0.474 e. The summed E-state index contributed by atoms with van der Waals surface area (Å²) in [6.07, 6.45) is 5.23. The second kappa shape index (κ2) is 8.33. The summed E-state index contributed by atoms with van der Waals surface area (Å²) in [6, 6.07) is 11.6. The quantitative estimate of drug-likeness (QED) is 0.627. The van der Waals surface area contributed by atoms with E-state index >= 15 is 0 Å². The van der Waals surface area contributed by atoms with Gasteiger partial charge in [0.25, 0.3) is 5.91 Å². The molecule has 2 fully saturated rings. The molecule has 9 nitrogen and oxygen atoms in total. The van der Waals surface area contributed by atoms with Gasteiger partial charge < -0.3 is 14.5 Å². The van der Waals surface area contributed by atoms with Gasteiger partial charge in [-0.05, 0) is 38.3 Å². The second-order valence-electron chi connectivity index (χ2n) is 7.94. The van der Waals surface area contributed by atoms with Crippen LogP contribution in [-0.4, -0.2) is 68.1 Å². The van der Waals surface area contributed by atoms with E-state index in [2.05, 4.69) is 25.2 Å². The van der Waals surface area contributed by atoms with Crippen LogP contribution in [0.5, 0.6) is 5.88 Å². The van der Waals surface area contributed by atoms with Gasteiger partial charge in [-0.3, -0.25) is 4.79 Å². The maximum Gasteiger partial charge on any atom is 0.276 e. The number of carbonyl (C=O) groups excluding carboxylic acids is 1. The van der Waals surface area contributed by atoms with E-state index in [-0.39, 0.29) is 12.0 Å². The maximum atomic E-state index is 13.1. The molecule has 3 aromatic rings. The van der Waals surface area contributed by atoms with Crippen molar-refractivity contribution in [1.82, 2.24) is 29.9 Å². The normalized spacial score (nSPS) is 16.8. The molecule has 1 aromatic carbocycles. The summed E-state index contributed by atoms with van der Waals surface area (Å²) in [5, 5.41) is 8.36. The Kier molecular flexibility index (Phi) is 5.23. The van der Waals surface area contributed by atoms with Crippen LogP contribution in [0.4, 0.5) is 5.82 Å². The molecule has 3 heterocycles. The predicted octanol–water partition coefficient (Wildman–Crippen LogP) is 2.26. The highest BCUT2D eigenvalue weighted by atomic mass is 16.5. The zero-order valence-corrected chi connectivity index (χ0v) is 17.5. The molecular formula is C22H25N7O2. The molecule has 0 spiro atoms. The molecule has 9 heteroatoms. The van der Waals surface area contributed by atoms with Gasteiger partial charge in [0.15, 0.2) is 5.69 Å². The highest BCUT2D eigenvalue weighted by molar-refractivity contribution is 5.93. The second-order valence-corrected chi connectivity index (χ2v) is 7.94. The number of rotatable bonds is 5. The first-order valence-electron chi connectivity index (χ1n) is 10.7. The third-order valence-electron chi connectivity index (χ3n) is 5.96. The van der Waals surface area contributed by atoms with Gasteiger partial charge in [-0.25, -0.2) is 14.6 Å². The van der Waals surface area contributed by atoms with Crippen LogP contribution in [0.2, 0.25) is 0 Å². The molecular weight excluding hydrogens is 394 g/mol. The van der Waals surface area contributed by atoms with Gasteiger partial charge in [0, 0.05) is 32.2 Å². The van der Waals surface area contributed by atoms with Crippen LogP contribution < -0.4 is 9.64 Å². The van der Waals surface area contributed by atoms with Crippen LogP contribution in [0.15, 0.2) is 42.7 Å². The highest BCUT2D eigenvalue weighted by Gasteiger charge is 2.27. The molecule has 0 radical (unpaired) electrons. The Labute approximate surface area is 180 Å². The molecule has 31 heavy (non-hydrogen) atoms. The molecule has 1 amide bonds. The van der Waals surface area contributed by atoms with Crippen molar-refractivity contribution in [3.63, 3.8) is 0 Å². The third kappa shape index (κ3) is 3.95. The van der Waals surface area contributed by atoms with E-state index in [9.17, 15) is 4.79 Å². The first kappa shape index (κ1) is 19.5. The number of anilines is 1. The van der Waals surface area contributed by atoms with Crippen molar-refractivity contribution in [2.45, 2.75) is 32.3 Å². The Bertz CT molecular complexity index is 1060. The van der Waals surface area contributed by atoms with E-state index in [1.54, 1.807) is 11.0 Å². The average Bonchev–Trinajstić information content (AvgIpc) is 3.18. The topological polar surface area (TPSA) is 89.3 Å². The fourth-order valence-corrected chi connectivity index (χ4v) is 3.86. The Hall–Kier alpha value is -3.49. The number of hydrogen-bond donors (Lipinski definition) is 0. The highest BCUT2D eigenvalue weighted by Crippen LogP contribution is 2.26. The number of carbonyl (C=O) groups is 1. The van der Waals surface area contributed by atoms with Crippen molar-refractivity contribution in [3.8, 4) is 11.6 Å². The van der Waals surface area contributed by atoms with Crippen molar-refractivity contribution < 1.29 is 9.53 Å². The SMILES string of the molecule is Cc1c(C(=O)N2CCN(c3cc(OC4CCC4)ncn3)CC2)nnn1-c1ccccc1. The number of ether oxygens (including phenoxy) is 1. The smallest absolute Gasteiger partial charge is 0.276 e. The van der Waals surface area contributed by atoms with Gasteiger partial charge in [0.05, 0.1) is 11.4 Å². The van der Waals surface area contributed by atoms with Gasteiger partial charge in [-0.2, -0.15) is 0 Å². The third-order valence-corrected chi connectivity index (χ3v) is 5.96. The van der Waals surface area contributed by atoms with Gasteiger partial charge in [0.1, 0.15) is 18.2 Å². The lowest BCUT2D eigenvalue weighted by molar-refractivity contribution is 0.0739. The summed E-state index contributed by atoms with van der Waals surface area (Å²) in [7, 11) is 0. The van der Waals surface area contributed by atoms with Crippen molar-refractivity contribution >= 4 is 11.7 Å². The fraction of sp³-hybridized carbons (Fsp3) is 0.409.